The van der Waals surface area contributed by atoms with Crippen molar-refractivity contribution in [3.63, 3.8) is 0 Å². The highest BCUT2D eigenvalue weighted by Crippen LogP contribution is 2.21. The van der Waals surface area contributed by atoms with Gasteiger partial charge < -0.3 is 5.32 Å². The molecule has 0 aliphatic heterocycles. The average molecular weight is 290 g/mol. The molecule has 0 saturated carbocycles. The molecule has 0 radical (unpaired) electrons. The first kappa shape index (κ1) is 13.7. The Hall–Kier alpha value is -1.75. The van der Waals surface area contributed by atoms with Crippen LogP contribution in [0.3, 0.4) is 0 Å². The molecule has 1 nitrogen and oxygen atoms in total. The first-order valence-electron chi connectivity index (χ1n) is 5.29. The molecule has 0 spiro atoms. The molecule has 2 aromatic carbocycles. The highest BCUT2D eigenvalue weighted by atomic mass is 35.5. The van der Waals surface area contributed by atoms with Crippen molar-refractivity contribution < 1.29 is 17.6 Å². The van der Waals surface area contributed by atoms with E-state index in [-0.39, 0.29) is 22.8 Å². The minimum atomic E-state index is -1.31. The summed E-state index contributed by atoms with van der Waals surface area (Å²) in [4.78, 5) is 0. The van der Waals surface area contributed by atoms with Crippen molar-refractivity contribution in [3.05, 3.63) is 64.2 Å². The molecule has 0 aliphatic rings. The zero-order valence-corrected chi connectivity index (χ0v) is 10.2. The normalized spacial score (nSPS) is 10.6. The van der Waals surface area contributed by atoms with Gasteiger partial charge in [-0.05, 0) is 12.1 Å². The van der Waals surface area contributed by atoms with Gasteiger partial charge in [-0.3, -0.25) is 0 Å². The molecule has 100 valence electrons. The van der Waals surface area contributed by atoms with Crippen molar-refractivity contribution >= 4 is 17.3 Å². The smallest absolute Gasteiger partial charge is 0.182 e. The number of nitrogens with one attached hydrogen (secondary N) is 1. The van der Waals surface area contributed by atoms with Crippen molar-refractivity contribution in [2.75, 3.05) is 5.32 Å². The van der Waals surface area contributed by atoms with Gasteiger partial charge in [0.1, 0.15) is 11.6 Å². The summed E-state index contributed by atoms with van der Waals surface area (Å²) in [6.07, 6.45) is 0. The molecule has 0 heterocycles. The van der Waals surface area contributed by atoms with E-state index in [2.05, 4.69) is 5.32 Å². The zero-order valence-electron chi connectivity index (χ0n) is 9.48. The number of hydrogen-bond acceptors (Lipinski definition) is 1. The number of anilines is 1. The number of benzene rings is 2. The third kappa shape index (κ3) is 3.17. The van der Waals surface area contributed by atoms with Gasteiger partial charge in [-0.2, -0.15) is 0 Å². The number of rotatable bonds is 3. The van der Waals surface area contributed by atoms with E-state index in [0.29, 0.717) is 6.07 Å². The summed E-state index contributed by atoms with van der Waals surface area (Å²) >= 11 is 5.58. The fourth-order valence-electron chi connectivity index (χ4n) is 1.54. The van der Waals surface area contributed by atoms with E-state index in [0.717, 1.165) is 12.1 Å². The van der Waals surface area contributed by atoms with Crippen LogP contribution in [-0.4, -0.2) is 0 Å². The number of halogens is 5. The van der Waals surface area contributed by atoms with Crippen LogP contribution in [0.4, 0.5) is 23.2 Å². The second kappa shape index (κ2) is 5.48. The van der Waals surface area contributed by atoms with Crippen LogP contribution in [0.5, 0.6) is 0 Å². The van der Waals surface area contributed by atoms with E-state index in [4.69, 9.17) is 11.6 Å². The summed E-state index contributed by atoms with van der Waals surface area (Å²) < 4.78 is 52.7. The summed E-state index contributed by atoms with van der Waals surface area (Å²) in [6, 6.07) is 5.19. The highest BCUT2D eigenvalue weighted by Gasteiger charge is 2.11. The minimum absolute atomic E-state index is 0.122. The first-order valence-corrected chi connectivity index (χ1v) is 5.67. The SMILES string of the molecule is Fc1cc(F)c(F)c(NCc2ccc(Cl)cc2F)c1. The van der Waals surface area contributed by atoms with Crippen molar-refractivity contribution in [1.29, 1.82) is 0 Å². The Morgan fingerprint density at radius 1 is 0.947 bits per heavy atom. The van der Waals surface area contributed by atoms with Crippen LogP contribution in [0.25, 0.3) is 0 Å². The van der Waals surface area contributed by atoms with Crippen molar-refractivity contribution in [2.24, 2.45) is 0 Å². The molecular weight excluding hydrogens is 282 g/mol. The summed E-state index contributed by atoms with van der Waals surface area (Å²) in [5.41, 5.74) is -0.166. The van der Waals surface area contributed by atoms with Gasteiger partial charge in [0.15, 0.2) is 11.6 Å². The Bertz CT molecular complexity index is 616. The van der Waals surface area contributed by atoms with Gasteiger partial charge in [-0.15, -0.1) is 0 Å². The molecule has 1 N–H and O–H groups in total. The lowest BCUT2D eigenvalue weighted by molar-refractivity contribution is 0.497. The fourth-order valence-corrected chi connectivity index (χ4v) is 1.70. The summed E-state index contributed by atoms with van der Waals surface area (Å²) in [5.74, 6) is -4.02. The van der Waals surface area contributed by atoms with Gasteiger partial charge >= 0.3 is 0 Å². The zero-order chi connectivity index (χ0) is 14.0. The minimum Gasteiger partial charge on any atom is -0.378 e. The van der Waals surface area contributed by atoms with Gasteiger partial charge in [0, 0.05) is 29.3 Å². The largest absolute Gasteiger partial charge is 0.378 e. The second-order valence-electron chi connectivity index (χ2n) is 3.84. The maximum absolute atomic E-state index is 13.4. The average Bonchev–Trinajstić information content (AvgIpc) is 2.33. The molecule has 0 aliphatic carbocycles. The lowest BCUT2D eigenvalue weighted by atomic mass is 10.2. The van der Waals surface area contributed by atoms with E-state index in [1.807, 2.05) is 0 Å². The highest BCUT2D eigenvalue weighted by molar-refractivity contribution is 6.30. The summed E-state index contributed by atoms with van der Waals surface area (Å²) in [7, 11) is 0. The molecular formula is C13H8ClF4N. The van der Waals surface area contributed by atoms with Gasteiger partial charge in [-0.1, -0.05) is 17.7 Å². The molecule has 0 fully saturated rings. The van der Waals surface area contributed by atoms with Gasteiger partial charge in [0.25, 0.3) is 0 Å². The molecule has 2 aromatic rings. The summed E-state index contributed by atoms with van der Waals surface area (Å²) in [5, 5.41) is 2.66. The lowest BCUT2D eigenvalue weighted by Crippen LogP contribution is -2.05. The molecule has 2 rings (SSSR count). The maximum Gasteiger partial charge on any atom is 0.182 e. The van der Waals surface area contributed by atoms with E-state index < -0.39 is 23.3 Å². The maximum atomic E-state index is 13.4. The molecule has 0 atom stereocenters. The Kier molecular flexibility index (Phi) is 3.95. The quantitative estimate of drug-likeness (QED) is 0.647. The molecule has 0 bridgehead atoms. The molecule has 0 unspecified atom stereocenters. The Labute approximate surface area is 111 Å². The monoisotopic (exact) mass is 289 g/mol. The third-order valence-electron chi connectivity index (χ3n) is 2.48. The van der Waals surface area contributed by atoms with Gasteiger partial charge in [0.2, 0.25) is 0 Å². The van der Waals surface area contributed by atoms with Crippen LogP contribution < -0.4 is 5.32 Å². The van der Waals surface area contributed by atoms with E-state index in [9.17, 15) is 17.6 Å². The lowest BCUT2D eigenvalue weighted by Gasteiger charge is -2.09. The Balaban J connectivity index is 2.19. The van der Waals surface area contributed by atoms with Crippen molar-refractivity contribution in [3.8, 4) is 0 Å². The standard InChI is InChI=1S/C13H8ClF4N/c14-8-2-1-7(10(16)3-8)6-19-12-5-9(15)4-11(17)13(12)18/h1-5,19H,6H2. The van der Waals surface area contributed by atoms with Crippen molar-refractivity contribution in [1.82, 2.24) is 0 Å². The van der Waals surface area contributed by atoms with Crippen LogP contribution in [0, 0.1) is 23.3 Å². The predicted octanol–water partition coefficient (Wildman–Crippen LogP) is 4.51. The van der Waals surface area contributed by atoms with Crippen LogP contribution in [0.2, 0.25) is 5.02 Å². The van der Waals surface area contributed by atoms with Crippen LogP contribution in [0.15, 0.2) is 30.3 Å². The topological polar surface area (TPSA) is 12.0 Å². The number of hydrogen-bond donors (Lipinski definition) is 1. The van der Waals surface area contributed by atoms with Crippen LogP contribution in [-0.2, 0) is 6.54 Å². The van der Waals surface area contributed by atoms with E-state index >= 15 is 0 Å². The first-order chi connectivity index (χ1) is 8.97. The van der Waals surface area contributed by atoms with Gasteiger partial charge in [-0.25, -0.2) is 17.6 Å². The molecule has 0 aromatic heterocycles. The molecule has 6 heteroatoms. The molecule has 0 amide bonds. The van der Waals surface area contributed by atoms with Gasteiger partial charge in [0.05, 0.1) is 5.69 Å². The fraction of sp³-hybridized carbons (Fsp3) is 0.0769. The van der Waals surface area contributed by atoms with E-state index in [1.54, 1.807) is 0 Å². The van der Waals surface area contributed by atoms with Crippen LogP contribution in [0.1, 0.15) is 5.56 Å². The second-order valence-corrected chi connectivity index (χ2v) is 4.27. The summed E-state index contributed by atoms with van der Waals surface area (Å²) in [6.45, 7) is -0.122. The molecule has 0 saturated heterocycles. The predicted molar refractivity (Wildman–Crippen MR) is 65.1 cm³/mol. The van der Waals surface area contributed by atoms with E-state index in [1.165, 1.54) is 12.1 Å². The Morgan fingerprint density at radius 2 is 1.68 bits per heavy atom. The van der Waals surface area contributed by atoms with Crippen molar-refractivity contribution in [2.45, 2.75) is 6.54 Å². The van der Waals surface area contributed by atoms with Crippen LogP contribution >= 0.6 is 11.6 Å². The third-order valence-corrected chi connectivity index (χ3v) is 2.71. The Morgan fingerprint density at radius 3 is 2.37 bits per heavy atom. The molecule has 19 heavy (non-hydrogen) atoms.